The normalized spacial score (nSPS) is 12.6. The van der Waals surface area contributed by atoms with Gasteiger partial charge >= 0.3 is 0 Å². The van der Waals surface area contributed by atoms with Crippen LogP contribution in [0.1, 0.15) is 48.7 Å². The van der Waals surface area contributed by atoms with Gasteiger partial charge in [-0.3, -0.25) is 4.79 Å². The Balaban J connectivity index is 2.07. The van der Waals surface area contributed by atoms with Crippen molar-refractivity contribution in [2.24, 2.45) is 0 Å². The van der Waals surface area contributed by atoms with Crippen LogP contribution in [0.15, 0.2) is 47.4 Å². The monoisotopic (exact) mass is 432 g/mol. The van der Waals surface area contributed by atoms with Gasteiger partial charge < -0.3 is 10.1 Å². The molecule has 0 saturated carbocycles. The number of sulfonamides is 1. The molecule has 164 valence electrons. The lowest BCUT2D eigenvalue weighted by Crippen LogP contribution is -2.34. The van der Waals surface area contributed by atoms with E-state index in [-0.39, 0.29) is 16.8 Å². The number of aryl methyl sites for hydroxylation is 2. The van der Waals surface area contributed by atoms with E-state index >= 15 is 0 Å². The first-order valence-electron chi connectivity index (χ1n) is 10.3. The summed E-state index contributed by atoms with van der Waals surface area (Å²) >= 11 is 0. The van der Waals surface area contributed by atoms with Crippen LogP contribution in [-0.4, -0.2) is 44.9 Å². The molecule has 6 nitrogen and oxygen atoms in total. The molecule has 0 spiro atoms. The number of hydrogen-bond donors (Lipinski definition) is 1. The fraction of sp³-hybridized carbons (Fsp3) is 0.435. The Morgan fingerprint density at radius 2 is 1.73 bits per heavy atom. The van der Waals surface area contributed by atoms with Crippen molar-refractivity contribution >= 4 is 15.9 Å². The molecule has 1 unspecified atom stereocenters. The number of carbonyl (C=O) groups excluding carboxylic acids is 1. The van der Waals surface area contributed by atoms with Crippen molar-refractivity contribution in [3.63, 3.8) is 0 Å². The molecule has 1 amide bonds. The van der Waals surface area contributed by atoms with E-state index < -0.39 is 10.0 Å². The molecule has 1 N–H and O–H groups in total. The van der Waals surface area contributed by atoms with Gasteiger partial charge in [0.25, 0.3) is 5.91 Å². The molecular weight excluding hydrogens is 400 g/mol. The van der Waals surface area contributed by atoms with Crippen LogP contribution in [0.5, 0.6) is 5.75 Å². The fourth-order valence-electron chi connectivity index (χ4n) is 3.28. The maximum absolute atomic E-state index is 12.9. The molecule has 2 aromatic carbocycles. The lowest BCUT2D eigenvalue weighted by atomic mass is 10.1. The van der Waals surface area contributed by atoms with Gasteiger partial charge in [0.05, 0.1) is 12.0 Å². The molecule has 30 heavy (non-hydrogen) atoms. The van der Waals surface area contributed by atoms with Crippen molar-refractivity contribution in [3.8, 4) is 5.75 Å². The molecule has 0 aliphatic rings. The van der Waals surface area contributed by atoms with Crippen LogP contribution in [0, 0.1) is 6.92 Å². The quantitative estimate of drug-likeness (QED) is 0.620. The summed E-state index contributed by atoms with van der Waals surface area (Å²) in [5.41, 5.74) is 2.15. The van der Waals surface area contributed by atoms with E-state index in [9.17, 15) is 13.2 Å². The second kappa shape index (κ2) is 10.6. The van der Waals surface area contributed by atoms with Crippen LogP contribution in [0.4, 0.5) is 0 Å². The number of rotatable bonds is 10. The fourth-order valence-corrected chi connectivity index (χ4v) is 4.99. The average molecular weight is 433 g/mol. The first-order chi connectivity index (χ1) is 14.2. The van der Waals surface area contributed by atoms with Crippen molar-refractivity contribution in [2.75, 3.05) is 20.2 Å². The zero-order valence-corrected chi connectivity index (χ0v) is 19.3. The summed E-state index contributed by atoms with van der Waals surface area (Å²) in [5, 5.41) is 2.97. The average Bonchev–Trinajstić information content (AvgIpc) is 2.73. The predicted molar refractivity (Wildman–Crippen MR) is 120 cm³/mol. The Labute approximate surface area is 180 Å². The molecule has 0 heterocycles. The van der Waals surface area contributed by atoms with Gasteiger partial charge in [-0.15, -0.1) is 0 Å². The predicted octanol–water partition coefficient (Wildman–Crippen LogP) is 3.79. The van der Waals surface area contributed by atoms with Crippen molar-refractivity contribution in [2.45, 2.75) is 51.5 Å². The van der Waals surface area contributed by atoms with Crippen molar-refractivity contribution in [3.05, 3.63) is 59.2 Å². The number of amides is 1. The highest BCUT2D eigenvalue weighted by Crippen LogP contribution is 2.21. The molecule has 0 bridgehead atoms. The van der Waals surface area contributed by atoms with Gasteiger partial charge in [-0.2, -0.15) is 4.31 Å². The number of ether oxygens (including phenoxy) is 1. The lowest BCUT2D eigenvalue weighted by Gasteiger charge is -2.20. The highest BCUT2D eigenvalue weighted by Gasteiger charge is 2.25. The molecule has 2 aromatic rings. The van der Waals surface area contributed by atoms with Crippen LogP contribution in [0.3, 0.4) is 0 Å². The molecule has 0 saturated heterocycles. The molecule has 0 aliphatic heterocycles. The minimum Gasteiger partial charge on any atom is -0.497 e. The van der Waals surface area contributed by atoms with Gasteiger partial charge in [0, 0.05) is 24.7 Å². The summed E-state index contributed by atoms with van der Waals surface area (Å²) in [4.78, 5) is 12.9. The zero-order valence-electron chi connectivity index (χ0n) is 18.4. The first kappa shape index (κ1) is 23.9. The Bertz CT molecular complexity index is 952. The molecule has 0 fully saturated rings. The summed E-state index contributed by atoms with van der Waals surface area (Å²) < 4.78 is 32.4. The SMILES string of the molecule is CCN(CC)S(=O)(=O)c1cc(C(=O)NC(C)CCc2ccc(OC)cc2)ccc1C. The highest BCUT2D eigenvalue weighted by molar-refractivity contribution is 7.89. The lowest BCUT2D eigenvalue weighted by molar-refractivity contribution is 0.0938. The van der Waals surface area contributed by atoms with Gasteiger partial charge in [0.1, 0.15) is 5.75 Å². The van der Waals surface area contributed by atoms with E-state index in [0.29, 0.717) is 24.2 Å². The molecule has 1 atom stereocenters. The van der Waals surface area contributed by atoms with Crippen LogP contribution in [0.2, 0.25) is 0 Å². The number of hydrogen-bond acceptors (Lipinski definition) is 4. The molecule has 0 radical (unpaired) electrons. The van der Waals surface area contributed by atoms with Gasteiger partial charge in [-0.25, -0.2) is 8.42 Å². The second-order valence-electron chi connectivity index (χ2n) is 7.33. The number of carbonyl (C=O) groups is 1. The van der Waals surface area contributed by atoms with E-state index in [1.165, 1.54) is 15.9 Å². The Morgan fingerprint density at radius 3 is 2.30 bits per heavy atom. The maximum Gasteiger partial charge on any atom is 0.251 e. The Kier molecular flexibility index (Phi) is 8.43. The van der Waals surface area contributed by atoms with Crippen LogP contribution in [0.25, 0.3) is 0 Å². The molecule has 7 heteroatoms. The van der Waals surface area contributed by atoms with E-state index in [0.717, 1.165) is 18.6 Å². The van der Waals surface area contributed by atoms with Gasteiger partial charge in [-0.1, -0.05) is 32.0 Å². The van der Waals surface area contributed by atoms with Gasteiger partial charge in [0.2, 0.25) is 10.0 Å². The van der Waals surface area contributed by atoms with E-state index in [1.807, 2.05) is 31.2 Å². The van der Waals surface area contributed by atoms with E-state index in [1.54, 1.807) is 40.0 Å². The third-order valence-corrected chi connectivity index (χ3v) is 7.37. The Morgan fingerprint density at radius 1 is 1.10 bits per heavy atom. The summed E-state index contributed by atoms with van der Waals surface area (Å²) in [5.74, 6) is 0.545. The third-order valence-electron chi connectivity index (χ3n) is 5.18. The van der Waals surface area contributed by atoms with Crippen molar-refractivity contribution < 1.29 is 17.9 Å². The molecule has 0 aliphatic carbocycles. The largest absolute Gasteiger partial charge is 0.497 e. The van der Waals surface area contributed by atoms with Gasteiger partial charge in [-0.05, 0) is 62.1 Å². The zero-order chi connectivity index (χ0) is 22.3. The number of nitrogens with one attached hydrogen (secondary N) is 1. The smallest absolute Gasteiger partial charge is 0.251 e. The number of nitrogens with zero attached hydrogens (tertiary/aromatic N) is 1. The van der Waals surface area contributed by atoms with Crippen LogP contribution in [-0.2, 0) is 16.4 Å². The minimum absolute atomic E-state index is 0.0521. The molecular formula is C23H32N2O4S. The summed E-state index contributed by atoms with van der Waals surface area (Å²) in [6.45, 7) is 8.07. The molecule has 2 rings (SSSR count). The summed E-state index contributed by atoms with van der Waals surface area (Å²) in [6.07, 6.45) is 1.59. The standard InChI is InChI=1S/C23H32N2O4S/c1-6-25(7-2)30(27,28)22-16-20(13-8-17(22)3)23(26)24-18(4)9-10-19-11-14-21(29-5)15-12-19/h8,11-16,18H,6-7,9-10H2,1-5H3,(H,24,26). The summed E-state index contributed by atoms with van der Waals surface area (Å²) in [6, 6.07) is 12.6. The Hall–Kier alpha value is -2.38. The second-order valence-corrected chi connectivity index (χ2v) is 9.24. The van der Waals surface area contributed by atoms with E-state index in [2.05, 4.69) is 5.32 Å². The number of methoxy groups -OCH3 is 1. The summed E-state index contributed by atoms with van der Waals surface area (Å²) in [7, 11) is -1.99. The van der Waals surface area contributed by atoms with Gasteiger partial charge in [0.15, 0.2) is 0 Å². The topological polar surface area (TPSA) is 75.7 Å². The highest BCUT2D eigenvalue weighted by atomic mass is 32.2. The minimum atomic E-state index is -3.63. The van der Waals surface area contributed by atoms with Crippen molar-refractivity contribution in [1.29, 1.82) is 0 Å². The van der Waals surface area contributed by atoms with Crippen molar-refractivity contribution in [1.82, 2.24) is 9.62 Å². The maximum atomic E-state index is 12.9. The van der Waals surface area contributed by atoms with Crippen LogP contribution >= 0.6 is 0 Å². The van der Waals surface area contributed by atoms with Crippen LogP contribution < -0.4 is 10.1 Å². The molecule has 0 aromatic heterocycles. The third kappa shape index (κ3) is 5.83. The van der Waals surface area contributed by atoms with E-state index in [4.69, 9.17) is 4.74 Å². The number of benzene rings is 2. The first-order valence-corrected chi connectivity index (χ1v) is 11.7.